The van der Waals surface area contributed by atoms with Crippen LogP contribution < -0.4 is 11.0 Å². The minimum Gasteiger partial charge on any atom is -0.350 e. The number of amides is 1. The summed E-state index contributed by atoms with van der Waals surface area (Å²) in [5, 5.41) is 9.37. The number of aryl methyl sites for hydroxylation is 1. The number of carbonyl (C=O) groups excluding carboxylic acids is 1. The molecule has 134 valence electrons. The fourth-order valence-corrected chi connectivity index (χ4v) is 3.67. The molecule has 1 N–H and O–H groups in total. The van der Waals surface area contributed by atoms with E-state index in [-0.39, 0.29) is 17.6 Å². The molecule has 26 heavy (non-hydrogen) atoms. The van der Waals surface area contributed by atoms with Gasteiger partial charge in [0.05, 0.1) is 11.4 Å². The number of hydrogen-bond donors (Lipinski definition) is 1. The third kappa shape index (κ3) is 3.35. The number of aromatic nitrogens is 3. The van der Waals surface area contributed by atoms with Crippen molar-refractivity contribution in [3.63, 3.8) is 0 Å². The first-order valence-corrected chi connectivity index (χ1v) is 9.59. The second kappa shape index (κ2) is 6.92. The van der Waals surface area contributed by atoms with E-state index in [1.807, 2.05) is 42.6 Å². The Bertz CT molecular complexity index is 983. The summed E-state index contributed by atoms with van der Waals surface area (Å²) in [5.41, 5.74) is 1.57. The fourth-order valence-electron chi connectivity index (χ4n) is 2.97. The summed E-state index contributed by atoms with van der Waals surface area (Å²) in [5.74, 6) is 0.597. The summed E-state index contributed by atoms with van der Waals surface area (Å²) in [6.07, 6.45) is 2.04. The molecule has 2 heterocycles. The molecule has 2 aromatic heterocycles. The Kier molecular flexibility index (Phi) is 4.46. The number of nitrogens with one attached hydrogen (secondary N) is 1. The molecule has 1 aliphatic carbocycles. The van der Waals surface area contributed by atoms with Crippen LogP contribution >= 0.6 is 11.3 Å². The molecule has 0 atom stereocenters. The molecule has 0 spiro atoms. The molecule has 1 amide bonds. The number of carbonyl (C=O) groups is 1. The van der Waals surface area contributed by atoms with Crippen molar-refractivity contribution >= 4 is 17.2 Å². The van der Waals surface area contributed by atoms with Gasteiger partial charge in [-0.05, 0) is 43.3 Å². The van der Waals surface area contributed by atoms with Gasteiger partial charge in [-0.3, -0.25) is 9.36 Å². The predicted octanol–water partition coefficient (Wildman–Crippen LogP) is 2.85. The molecule has 3 aromatic rings. The van der Waals surface area contributed by atoms with Gasteiger partial charge in [0.25, 0.3) is 5.91 Å². The van der Waals surface area contributed by atoms with Crippen LogP contribution in [0, 0.1) is 6.92 Å². The summed E-state index contributed by atoms with van der Waals surface area (Å²) >= 11 is 1.58. The van der Waals surface area contributed by atoms with Gasteiger partial charge in [-0.15, -0.1) is 16.4 Å². The van der Waals surface area contributed by atoms with E-state index in [2.05, 4.69) is 10.4 Å². The summed E-state index contributed by atoms with van der Waals surface area (Å²) in [4.78, 5) is 25.9. The lowest BCUT2D eigenvalue weighted by atomic mass is 10.1. The van der Waals surface area contributed by atoms with Gasteiger partial charge in [-0.25, -0.2) is 9.48 Å². The number of hydrogen-bond acceptors (Lipinski definition) is 4. The Balaban J connectivity index is 1.48. The number of benzene rings is 1. The van der Waals surface area contributed by atoms with Crippen LogP contribution in [0.15, 0.2) is 46.6 Å². The van der Waals surface area contributed by atoms with Gasteiger partial charge in [0, 0.05) is 18.2 Å². The van der Waals surface area contributed by atoms with E-state index in [9.17, 15) is 9.59 Å². The topological polar surface area (TPSA) is 68.9 Å². The maximum atomic E-state index is 12.7. The van der Waals surface area contributed by atoms with E-state index >= 15 is 0 Å². The summed E-state index contributed by atoms with van der Waals surface area (Å²) < 4.78 is 3.26. The minimum absolute atomic E-state index is 0.0966. The van der Waals surface area contributed by atoms with E-state index in [1.165, 1.54) is 4.68 Å². The van der Waals surface area contributed by atoms with E-state index < -0.39 is 0 Å². The molecule has 1 fully saturated rings. The highest BCUT2D eigenvalue weighted by atomic mass is 32.1. The van der Waals surface area contributed by atoms with Gasteiger partial charge in [-0.2, -0.15) is 0 Å². The maximum absolute atomic E-state index is 12.7. The Labute approximate surface area is 155 Å². The molecule has 0 bridgehead atoms. The highest BCUT2D eigenvalue weighted by Crippen LogP contribution is 2.37. The molecular weight excluding hydrogens is 348 g/mol. The van der Waals surface area contributed by atoms with Gasteiger partial charge in [-0.1, -0.05) is 23.8 Å². The van der Waals surface area contributed by atoms with Crippen LogP contribution in [-0.4, -0.2) is 26.8 Å². The largest absolute Gasteiger partial charge is 0.350 e. The van der Waals surface area contributed by atoms with Gasteiger partial charge in [0.1, 0.15) is 0 Å². The smallest absolute Gasteiger partial charge is 0.346 e. The van der Waals surface area contributed by atoms with E-state index in [0.29, 0.717) is 18.7 Å². The Morgan fingerprint density at radius 1 is 1.31 bits per heavy atom. The third-order valence-electron chi connectivity index (χ3n) is 4.41. The predicted molar refractivity (Wildman–Crippen MR) is 102 cm³/mol. The summed E-state index contributed by atoms with van der Waals surface area (Å²) in [7, 11) is 0. The quantitative estimate of drug-likeness (QED) is 0.727. The second-order valence-electron chi connectivity index (χ2n) is 6.53. The first kappa shape index (κ1) is 16.8. The van der Waals surface area contributed by atoms with Crippen molar-refractivity contribution in [3.8, 4) is 10.7 Å². The molecule has 0 unspecified atom stereocenters. The first-order valence-electron chi connectivity index (χ1n) is 8.71. The lowest BCUT2D eigenvalue weighted by molar-refractivity contribution is 0.0951. The van der Waals surface area contributed by atoms with Gasteiger partial charge in [0.15, 0.2) is 5.82 Å². The Hall–Kier alpha value is -2.67. The van der Waals surface area contributed by atoms with E-state index in [4.69, 9.17) is 0 Å². The van der Waals surface area contributed by atoms with Crippen molar-refractivity contribution in [1.82, 2.24) is 19.7 Å². The lowest BCUT2D eigenvalue weighted by Gasteiger charge is -2.05. The van der Waals surface area contributed by atoms with Gasteiger partial charge < -0.3 is 5.32 Å². The molecule has 4 rings (SSSR count). The fraction of sp³-hybridized carbons (Fsp3) is 0.316. The third-order valence-corrected chi connectivity index (χ3v) is 5.28. The van der Waals surface area contributed by atoms with E-state index in [1.54, 1.807) is 22.0 Å². The molecule has 1 aromatic carbocycles. The molecule has 1 saturated carbocycles. The van der Waals surface area contributed by atoms with E-state index in [0.717, 1.165) is 29.1 Å². The normalized spacial score (nSPS) is 13.7. The van der Waals surface area contributed by atoms with Crippen LogP contribution in [0.4, 0.5) is 0 Å². The SMILES string of the molecule is Cc1cccc(C(=O)NCCn2nc(-c3cccs3)n(C3CC3)c2=O)c1. The van der Waals surface area contributed by atoms with Crippen LogP contribution in [0.25, 0.3) is 10.7 Å². The average Bonchev–Trinajstić information content (AvgIpc) is 3.20. The van der Waals surface area contributed by atoms with Crippen LogP contribution in [0.2, 0.25) is 0 Å². The molecule has 0 saturated heterocycles. The van der Waals surface area contributed by atoms with Crippen molar-refractivity contribution in [2.45, 2.75) is 32.4 Å². The van der Waals surface area contributed by atoms with Crippen LogP contribution in [0.5, 0.6) is 0 Å². The average molecular weight is 368 g/mol. The summed E-state index contributed by atoms with van der Waals surface area (Å²) in [6.45, 7) is 2.67. The number of nitrogens with zero attached hydrogens (tertiary/aromatic N) is 3. The molecule has 1 aliphatic rings. The molecule has 7 heteroatoms. The Morgan fingerprint density at radius 3 is 2.85 bits per heavy atom. The molecule has 6 nitrogen and oxygen atoms in total. The van der Waals surface area contributed by atoms with Crippen molar-refractivity contribution in [1.29, 1.82) is 0 Å². The molecule has 0 radical (unpaired) electrons. The maximum Gasteiger partial charge on any atom is 0.346 e. The molecular formula is C19H20N4O2S. The molecule has 0 aliphatic heterocycles. The second-order valence-corrected chi connectivity index (χ2v) is 7.48. The van der Waals surface area contributed by atoms with Gasteiger partial charge >= 0.3 is 5.69 Å². The van der Waals surface area contributed by atoms with Crippen molar-refractivity contribution in [2.75, 3.05) is 6.54 Å². The number of thiophene rings is 1. The standard InChI is InChI=1S/C19H20N4O2S/c1-13-4-2-5-14(12-13)18(24)20-9-10-22-19(25)23(15-7-8-15)17(21-22)16-6-3-11-26-16/h2-6,11-12,15H,7-10H2,1H3,(H,20,24). The zero-order valence-electron chi connectivity index (χ0n) is 14.5. The van der Waals surface area contributed by atoms with Crippen LogP contribution in [0.1, 0.15) is 34.8 Å². The summed E-state index contributed by atoms with van der Waals surface area (Å²) in [6, 6.07) is 11.6. The highest BCUT2D eigenvalue weighted by molar-refractivity contribution is 7.13. The van der Waals surface area contributed by atoms with Crippen LogP contribution in [0.3, 0.4) is 0 Å². The Morgan fingerprint density at radius 2 is 2.15 bits per heavy atom. The zero-order valence-corrected chi connectivity index (χ0v) is 15.3. The van der Waals surface area contributed by atoms with Gasteiger partial charge in [0.2, 0.25) is 0 Å². The lowest BCUT2D eigenvalue weighted by Crippen LogP contribution is -2.32. The van der Waals surface area contributed by atoms with Crippen molar-refractivity contribution in [3.05, 3.63) is 63.4 Å². The minimum atomic E-state index is -0.137. The first-order chi connectivity index (χ1) is 12.6. The van der Waals surface area contributed by atoms with Crippen LogP contribution in [-0.2, 0) is 6.54 Å². The number of rotatable bonds is 6. The monoisotopic (exact) mass is 368 g/mol. The van der Waals surface area contributed by atoms with Crippen molar-refractivity contribution in [2.24, 2.45) is 0 Å². The van der Waals surface area contributed by atoms with Crippen molar-refractivity contribution < 1.29 is 4.79 Å². The highest BCUT2D eigenvalue weighted by Gasteiger charge is 2.30. The zero-order chi connectivity index (χ0) is 18.1.